The summed E-state index contributed by atoms with van der Waals surface area (Å²) in [7, 11) is 0. The highest BCUT2D eigenvalue weighted by Gasteiger charge is 2.12. The molecule has 0 spiro atoms. The average molecular weight is 350 g/mol. The fourth-order valence-electron chi connectivity index (χ4n) is 2.25. The van der Waals surface area contributed by atoms with Crippen LogP contribution in [0.25, 0.3) is 10.2 Å². The normalized spacial score (nSPS) is 11.0. The number of nitrogens with one attached hydrogen (secondary N) is 1. The maximum Gasteiger partial charge on any atom is 0.387 e. The van der Waals surface area contributed by atoms with Crippen LogP contribution in [0.15, 0.2) is 42.5 Å². The minimum atomic E-state index is -2.88. The van der Waals surface area contributed by atoms with E-state index in [-0.39, 0.29) is 5.75 Å². The highest BCUT2D eigenvalue weighted by Crippen LogP contribution is 2.31. The van der Waals surface area contributed by atoms with Gasteiger partial charge in [-0.2, -0.15) is 8.78 Å². The van der Waals surface area contributed by atoms with Gasteiger partial charge in [-0.25, -0.2) is 4.98 Å². The number of thiazole rings is 1. The van der Waals surface area contributed by atoms with E-state index in [0.717, 1.165) is 20.9 Å². The minimum absolute atomic E-state index is 0.0376. The number of aromatic nitrogens is 1. The Morgan fingerprint density at radius 1 is 1.17 bits per heavy atom. The summed E-state index contributed by atoms with van der Waals surface area (Å²) in [5.74, 6) is 0.344. The van der Waals surface area contributed by atoms with Crippen LogP contribution in [0.4, 0.5) is 13.9 Å². The van der Waals surface area contributed by atoms with Crippen molar-refractivity contribution < 1.29 is 18.3 Å². The van der Waals surface area contributed by atoms with Crippen molar-refractivity contribution in [1.29, 1.82) is 0 Å². The molecule has 0 radical (unpaired) electrons. The van der Waals surface area contributed by atoms with Crippen LogP contribution in [-0.2, 0) is 6.54 Å². The van der Waals surface area contributed by atoms with Gasteiger partial charge in [0.2, 0.25) is 0 Å². The van der Waals surface area contributed by atoms with E-state index in [0.29, 0.717) is 18.9 Å². The molecule has 0 aliphatic carbocycles. The number of para-hydroxylation sites is 1. The summed E-state index contributed by atoms with van der Waals surface area (Å²) in [5.41, 5.74) is 1.83. The summed E-state index contributed by atoms with van der Waals surface area (Å²) in [4.78, 5) is 4.50. The summed E-state index contributed by atoms with van der Waals surface area (Å²) in [6.45, 7) is -0.211. The molecule has 24 heavy (non-hydrogen) atoms. The highest BCUT2D eigenvalue weighted by atomic mass is 32.1. The molecule has 3 aromatic rings. The summed E-state index contributed by atoms with van der Waals surface area (Å²) < 4.78 is 35.8. The molecule has 0 aliphatic rings. The van der Waals surface area contributed by atoms with Gasteiger partial charge in [0.15, 0.2) is 16.6 Å². The van der Waals surface area contributed by atoms with E-state index in [1.54, 1.807) is 30.4 Å². The largest absolute Gasteiger partial charge is 0.490 e. The SMILES string of the molecule is CCOc1cc(CNc2nc3ccccc3s2)ccc1OC(F)F. The number of fused-ring (bicyclic) bond motifs is 1. The number of halogens is 2. The third-order valence-electron chi connectivity index (χ3n) is 3.26. The Balaban J connectivity index is 1.73. The van der Waals surface area contributed by atoms with E-state index in [9.17, 15) is 8.78 Å². The third-order valence-corrected chi connectivity index (χ3v) is 4.26. The van der Waals surface area contributed by atoms with Gasteiger partial charge in [-0.3, -0.25) is 0 Å². The molecular formula is C17H16F2N2O2S. The molecule has 0 saturated carbocycles. The molecular weight excluding hydrogens is 334 g/mol. The number of anilines is 1. The predicted molar refractivity (Wildman–Crippen MR) is 91.2 cm³/mol. The lowest BCUT2D eigenvalue weighted by Gasteiger charge is -2.13. The second-order valence-corrected chi connectivity index (χ2v) is 5.96. The summed E-state index contributed by atoms with van der Waals surface area (Å²) in [5, 5.41) is 4.05. The van der Waals surface area contributed by atoms with Crippen LogP contribution in [0.1, 0.15) is 12.5 Å². The van der Waals surface area contributed by atoms with Crippen molar-refractivity contribution >= 4 is 26.7 Å². The van der Waals surface area contributed by atoms with Gasteiger partial charge in [0.05, 0.1) is 16.8 Å². The second kappa shape index (κ2) is 7.44. The minimum Gasteiger partial charge on any atom is -0.490 e. The molecule has 0 aliphatic heterocycles. The fourth-order valence-corrected chi connectivity index (χ4v) is 3.11. The number of benzene rings is 2. The molecule has 1 aromatic heterocycles. The van der Waals surface area contributed by atoms with Crippen LogP contribution in [0, 0.1) is 0 Å². The lowest BCUT2D eigenvalue weighted by atomic mass is 10.2. The smallest absolute Gasteiger partial charge is 0.387 e. The lowest BCUT2D eigenvalue weighted by Crippen LogP contribution is -2.06. The Hall–Kier alpha value is -2.41. The zero-order chi connectivity index (χ0) is 16.9. The number of alkyl halides is 2. The maximum absolute atomic E-state index is 12.4. The van der Waals surface area contributed by atoms with Gasteiger partial charge in [0, 0.05) is 6.54 Å². The summed E-state index contributed by atoms with van der Waals surface area (Å²) >= 11 is 1.57. The van der Waals surface area contributed by atoms with E-state index >= 15 is 0 Å². The molecule has 3 rings (SSSR count). The van der Waals surface area contributed by atoms with E-state index < -0.39 is 6.61 Å². The van der Waals surface area contributed by atoms with Crippen LogP contribution in [0.5, 0.6) is 11.5 Å². The van der Waals surface area contributed by atoms with Crippen molar-refractivity contribution in [3.05, 3.63) is 48.0 Å². The Kier molecular flexibility index (Phi) is 5.10. The first kappa shape index (κ1) is 16.4. The van der Waals surface area contributed by atoms with Crippen molar-refractivity contribution in [1.82, 2.24) is 4.98 Å². The first-order valence-corrected chi connectivity index (χ1v) is 8.27. The van der Waals surface area contributed by atoms with Gasteiger partial charge in [0.25, 0.3) is 0 Å². The second-order valence-electron chi connectivity index (χ2n) is 4.93. The molecule has 0 atom stereocenters. The molecule has 0 saturated heterocycles. The van der Waals surface area contributed by atoms with Gasteiger partial charge in [-0.1, -0.05) is 29.5 Å². The summed E-state index contributed by atoms with van der Waals surface area (Å²) in [6, 6.07) is 12.8. The first-order chi connectivity index (χ1) is 11.7. The molecule has 0 bridgehead atoms. The molecule has 0 unspecified atom stereocenters. The van der Waals surface area contributed by atoms with Crippen LogP contribution in [0.2, 0.25) is 0 Å². The highest BCUT2D eigenvalue weighted by molar-refractivity contribution is 7.22. The van der Waals surface area contributed by atoms with Crippen LogP contribution >= 0.6 is 11.3 Å². The Labute approximate surface area is 142 Å². The van der Waals surface area contributed by atoms with E-state index in [1.165, 1.54) is 6.07 Å². The van der Waals surface area contributed by atoms with Crippen LogP contribution < -0.4 is 14.8 Å². The fraction of sp³-hybridized carbons (Fsp3) is 0.235. The number of rotatable bonds is 7. The standard InChI is InChI=1S/C17H16F2N2O2S/c1-2-22-14-9-11(7-8-13(14)23-16(18)19)10-20-17-21-12-5-3-4-6-15(12)24-17/h3-9,16H,2,10H2,1H3,(H,20,21). The molecule has 0 amide bonds. The van der Waals surface area contributed by atoms with Crippen molar-refractivity contribution in [2.45, 2.75) is 20.1 Å². The van der Waals surface area contributed by atoms with Crippen molar-refractivity contribution in [3.8, 4) is 11.5 Å². The van der Waals surface area contributed by atoms with E-state index in [4.69, 9.17) is 4.74 Å². The quantitative estimate of drug-likeness (QED) is 0.658. The molecule has 1 heterocycles. The monoisotopic (exact) mass is 350 g/mol. The number of hydrogen-bond acceptors (Lipinski definition) is 5. The van der Waals surface area contributed by atoms with Crippen LogP contribution in [0.3, 0.4) is 0 Å². The Morgan fingerprint density at radius 2 is 2.00 bits per heavy atom. The molecule has 7 heteroatoms. The van der Waals surface area contributed by atoms with Gasteiger partial charge in [0.1, 0.15) is 0 Å². The zero-order valence-electron chi connectivity index (χ0n) is 13.0. The number of ether oxygens (including phenoxy) is 2. The van der Waals surface area contributed by atoms with Crippen molar-refractivity contribution in [2.24, 2.45) is 0 Å². The van der Waals surface area contributed by atoms with Gasteiger partial charge in [-0.15, -0.1) is 0 Å². The molecule has 0 fully saturated rings. The van der Waals surface area contributed by atoms with Gasteiger partial charge < -0.3 is 14.8 Å². The topological polar surface area (TPSA) is 43.4 Å². The Bertz CT molecular complexity index is 790. The lowest BCUT2D eigenvalue weighted by molar-refractivity contribution is -0.0514. The summed E-state index contributed by atoms with van der Waals surface area (Å²) in [6.07, 6.45) is 0. The predicted octanol–water partition coefficient (Wildman–Crippen LogP) is 4.91. The zero-order valence-corrected chi connectivity index (χ0v) is 13.8. The molecule has 4 nitrogen and oxygen atoms in total. The van der Waals surface area contributed by atoms with E-state index in [2.05, 4.69) is 15.0 Å². The Morgan fingerprint density at radius 3 is 2.75 bits per heavy atom. The maximum atomic E-state index is 12.4. The number of hydrogen-bond donors (Lipinski definition) is 1. The molecule has 2 aromatic carbocycles. The van der Waals surface area contributed by atoms with Gasteiger partial charge >= 0.3 is 6.61 Å². The molecule has 126 valence electrons. The third kappa shape index (κ3) is 3.91. The van der Waals surface area contributed by atoms with Crippen molar-refractivity contribution in [2.75, 3.05) is 11.9 Å². The first-order valence-electron chi connectivity index (χ1n) is 7.45. The molecule has 1 N–H and O–H groups in total. The average Bonchev–Trinajstić information content (AvgIpc) is 2.98. The van der Waals surface area contributed by atoms with E-state index in [1.807, 2.05) is 24.3 Å². The van der Waals surface area contributed by atoms with Crippen LogP contribution in [-0.4, -0.2) is 18.2 Å². The van der Waals surface area contributed by atoms with Gasteiger partial charge in [-0.05, 0) is 36.8 Å². The van der Waals surface area contributed by atoms with Crippen molar-refractivity contribution in [3.63, 3.8) is 0 Å². The number of nitrogens with zero attached hydrogens (tertiary/aromatic N) is 1.